The van der Waals surface area contributed by atoms with Crippen LogP contribution in [0.2, 0.25) is 5.02 Å². The lowest BCUT2D eigenvalue weighted by molar-refractivity contribution is -0.116. The molecule has 7 heteroatoms. The van der Waals surface area contributed by atoms with Gasteiger partial charge in [0.15, 0.2) is 5.96 Å². The molecule has 0 aromatic heterocycles. The number of ether oxygens (including phenoxy) is 1. The number of benzene rings is 2. The number of aliphatic imine (C=N–C) groups is 1. The molecular formula is C21H27ClN4O2. The quantitative estimate of drug-likeness (QED) is 0.547. The number of rotatable bonds is 7. The zero-order valence-electron chi connectivity index (χ0n) is 16.8. The standard InChI is InChI=1S/C21H27ClN4O2/c1-15-18(22)6-5-7-19(15)25-20(27)12-13-24-21(23-2)26(3)14-16-8-10-17(28-4)11-9-16/h5-11H,12-14H2,1-4H3,(H,23,24)(H,25,27). The van der Waals surface area contributed by atoms with E-state index in [2.05, 4.69) is 15.6 Å². The monoisotopic (exact) mass is 402 g/mol. The molecule has 0 saturated carbocycles. The summed E-state index contributed by atoms with van der Waals surface area (Å²) in [7, 11) is 5.33. The van der Waals surface area contributed by atoms with Gasteiger partial charge in [-0.25, -0.2) is 0 Å². The molecule has 0 heterocycles. The van der Waals surface area contributed by atoms with E-state index in [9.17, 15) is 4.79 Å². The number of nitrogens with zero attached hydrogens (tertiary/aromatic N) is 2. The number of amides is 1. The fourth-order valence-electron chi connectivity index (χ4n) is 2.71. The van der Waals surface area contributed by atoms with Crippen molar-refractivity contribution in [3.63, 3.8) is 0 Å². The molecule has 2 aromatic rings. The number of hydrogen-bond donors (Lipinski definition) is 2. The predicted molar refractivity (Wildman–Crippen MR) is 115 cm³/mol. The number of carbonyl (C=O) groups excluding carboxylic acids is 1. The van der Waals surface area contributed by atoms with Crippen LogP contribution >= 0.6 is 11.6 Å². The summed E-state index contributed by atoms with van der Waals surface area (Å²) < 4.78 is 5.18. The van der Waals surface area contributed by atoms with Crippen molar-refractivity contribution in [2.24, 2.45) is 4.99 Å². The topological polar surface area (TPSA) is 66.0 Å². The summed E-state index contributed by atoms with van der Waals surface area (Å²) in [6.45, 7) is 3.05. The van der Waals surface area contributed by atoms with Crippen molar-refractivity contribution < 1.29 is 9.53 Å². The van der Waals surface area contributed by atoms with Crippen LogP contribution in [0.1, 0.15) is 17.5 Å². The molecule has 1 amide bonds. The summed E-state index contributed by atoms with van der Waals surface area (Å²) in [4.78, 5) is 18.5. The summed E-state index contributed by atoms with van der Waals surface area (Å²) in [5.41, 5.74) is 2.74. The van der Waals surface area contributed by atoms with E-state index in [0.29, 0.717) is 24.5 Å². The van der Waals surface area contributed by atoms with Gasteiger partial charge in [-0.15, -0.1) is 0 Å². The first kappa shape index (κ1) is 21.6. The number of nitrogens with one attached hydrogen (secondary N) is 2. The van der Waals surface area contributed by atoms with Gasteiger partial charge in [-0.3, -0.25) is 9.79 Å². The maximum Gasteiger partial charge on any atom is 0.226 e. The van der Waals surface area contributed by atoms with Crippen molar-refractivity contribution in [2.45, 2.75) is 19.9 Å². The molecule has 0 bridgehead atoms. The Morgan fingerprint density at radius 2 is 1.93 bits per heavy atom. The van der Waals surface area contributed by atoms with Gasteiger partial charge in [0.25, 0.3) is 0 Å². The van der Waals surface area contributed by atoms with Gasteiger partial charge in [0.1, 0.15) is 5.75 Å². The number of methoxy groups -OCH3 is 1. The second-order valence-corrected chi connectivity index (χ2v) is 6.80. The molecule has 0 aliphatic rings. The average Bonchev–Trinajstić information content (AvgIpc) is 2.69. The van der Waals surface area contributed by atoms with Crippen LogP contribution in [0, 0.1) is 6.92 Å². The van der Waals surface area contributed by atoms with Gasteiger partial charge < -0.3 is 20.3 Å². The lowest BCUT2D eigenvalue weighted by Gasteiger charge is -2.22. The predicted octanol–water partition coefficient (Wildman–Crippen LogP) is 3.69. The van der Waals surface area contributed by atoms with E-state index in [0.717, 1.165) is 28.5 Å². The van der Waals surface area contributed by atoms with E-state index in [1.54, 1.807) is 20.2 Å². The largest absolute Gasteiger partial charge is 0.497 e. The second kappa shape index (κ2) is 10.6. The minimum atomic E-state index is -0.0777. The maximum absolute atomic E-state index is 12.2. The van der Waals surface area contributed by atoms with Crippen molar-refractivity contribution in [3.8, 4) is 5.75 Å². The zero-order chi connectivity index (χ0) is 20.5. The van der Waals surface area contributed by atoms with Gasteiger partial charge in [-0.2, -0.15) is 0 Å². The number of guanidine groups is 1. The Kier molecular flexibility index (Phi) is 8.14. The van der Waals surface area contributed by atoms with Gasteiger partial charge in [0, 0.05) is 44.3 Å². The number of hydrogen-bond acceptors (Lipinski definition) is 3. The van der Waals surface area contributed by atoms with E-state index in [4.69, 9.17) is 16.3 Å². The Morgan fingerprint density at radius 3 is 2.57 bits per heavy atom. The summed E-state index contributed by atoms with van der Waals surface area (Å²) in [5.74, 6) is 1.48. The molecule has 0 spiro atoms. The van der Waals surface area contributed by atoms with Crippen LogP contribution in [0.25, 0.3) is 0 Å². The molecule has 6 nitrogen and oxygen atoms in total. The number of anilines is 1. The molecule has 0 radical (unpaired) electrons. The average molecular weight is 403 g/mol. The minimum absolute atomic E-state index is 0.0777. The Hall–Kier alpha value is -2.73. The summed E-state index contributed by atoms with van der Waals surface area (Å²) >= 11 is 6.09. The molecule has 0 saturated heterocycles. The molecule has 2 N–H and O–H groups in total. The molecule has 0 aliphatic carbocycles. The third-order valence-corrected chi connectivity index (χ3v) is 4.74. The Balaban J connectivity index is 1.82. The number of carbonyl (C=O) groups is 1. The fraction of sp³-hybridized carbons (Fsp3) is 0.333. The van der Waals surface area contributed by atoms with Crippen LogP contribution in [-0.4, -0.2) is 44.5 Å². The van der Waals surface area contributed by atoms with E-state index in [-0.39, 0.29) is 5.91 Å². The fourth-order valence-corrected chi connectivity index (χ4v) is 2.88. The second-order valence-electron chi connectivity index (χ2n) is 6.39. The van der Waals surface area contributed by atoms with Crippen LogP contribution in [0.3, 0.4) is 0 Å². The molecule has 2 aromatic carbocycles. The van der Waals surface area contributed by atoms with Crippen molar-refractivity contribution in [2.75, 3.05) is 33.1 Å². The lowest BCUT2D eigenvalue weighted by atomic mass is 10.2. The van der Waals surface area contributed by atoms with E-state index in [1.165, 1.54) is 0 Å². The van der Waals surface area contributed by atoms with Crippen molar-refractivity contribution in [1.29, 1.82) is 0 Å². The molecule has 28 heavy (non-hydrogen) atoms. The van der Waals surface area contributed by atoms with Crippen LogP contribution in [-0.2, 0) is 11.3 Å². The third kappa shape index (κ3) is 6.16. The van der Waals surface area contributed by atoms with Gasteiger partial charge in [0.2, 0.25) is 5.91 Å². The minimum Gasteiger partial charge on any atom is -0.497 e. The summed E-state index contributed by atoms with van der Waals surface area (Å²) in [6.07, 6.45) is 0.321. The molecule has 0 fully saturated rings. The Bertz CT molecular complexity index is 822. The highest BCUT2D eigenvalue weighted by Crippen LogP contribution is 2.22. The zero-order valence-corrected chi connectivity index (χ0v) is 17.5. The van der Waals surface area contributed by atoms with E-state index >= 15 is 0 Å². The smallest absolute Gasteiger partial charge is 0.226 e. The van der Waals surface area contributed by atoms with Gasteiger partial charge in [-0.05, 0) is 42.3 Å². The van der Waals surface area contributed by atoms with E-state index < -0.39 is 0 Å². The highest BCUT2D eigenvalue weighted by Gasteiger charge is 2.09. The van der Waals surface area contributed by atoms with Crippen LogP contribution in [0.5, 0.6) is 5.75 Å². The molecule has 150 valence electrons. The maximum atomic E-state index is 12.2. The molecule has 2 rings (SSSR count). The SMILES string of the molecule is CN=C(NCCC(=O)Nc1cccc(Cl)c1C)N(C)Cc1ccc(OC)cc1. The van der Waals surface area contributed by atoms with Crippen LogP contribution < -0.4 is 15.4 Å². The van der Waals surface area contributed by atoms with Crippen LogP contribution in [0.15, 0.2) is 47.5 Å². The highest BCUT2D eigenvalue weighted by molar-refractivity contribution is 6.31. The normalized spacial score (nSPS) is 11.1. The molecular weight excluding hydrogens is 376 g/mol. The molecule has 0 aliphatic heterocycles. The first-order chi connectivity index (χ1) is 13.4. The van der Waals surface area contributed by atoms with Crippen LogP contribution in [0.4, 0.5) is 5.69 Å². The Labute approximate surface area is 171 Å². The molecule has 0 unspecified atom stereocenters. The van der Waals surface area contributed by atoms with Gasteiger partial charge in [-0.1, -0.05) is 29.8 Å². The lowest BCUT2D eigenvalue weighted by Crippen LogP contribution is -2.39. The highest BCUT2D eigenvalue weighted by atomic mass is 35.5. The van der Waals surface area contributed by atoms with Gasteiger partial charge in [0.05, 0.1) is 7.11 Å². The molecule has 0 atom stereocenters. The first-order valence-electron chi connectivity index (χ1n) is 9.04. The van der Waals surface area contributed by atoms with E-state index in [1.807, 2.05) is 55.3 Å². The van der Waals surface area contributed by atoms with Crippen molar-refractivity contribution >= 4 is 29.2 Å². The van der Waals surface area contributed by atoms with Crippen molar-refractivity contribution in [1.82, 2.24) is 10.2 Å². The number of halogens is 1. The van der Waals surface area contributed by atoms with Gasteiger partial charge >= 0.3 is 0 Å². The Morgan fingerprint density at radius 1 is 1.21 bits per heavy atom. The summed E-state index contributed by atoms with van der Waals surface area (Å²) in [5, 5.41) is 6.75. The first-order valence-corrected chi connectivity index (χ1v) is 9.42. The third-order valence-electron chi connectivity index (χ3n) is 4.33. The summed E-state index contributed by atoms with van der Waals surface area (Å²) in [6, 6.07) is 13.4. The van der Waals surface area contributed by atoms with Crippen molar-refractivity contribution in [3.05, 3.63) is 58.6 Å².